The van der Waals surface area contributed by atoms with E-state index in [0.717, 1.165) is 0 Å². The topological polar surface area (TPSA) is 109 Å². The van der Waals surface area contributed by atoms with Crippen molar-refractivity contribution in [3.05, 3.63) is 41.5 Å². The summed E-state index contributed by atoms with van der Waals surface area (Å²) in [6.45, 7) is 11.4. The fraction of sp³-hybridized carbons (Fsp3) is 0.538. The third-order valence-corrected chi connectivity index (χ3v) is 6.16. The summed E-state index contributed by atoms with van der Waals surface area (Å²) >= 11 is 0. The Morgan fingerprint density at radius 1 is 1.17 bits per heavy atom. The highest BCUT2D eigenvalue weighted by molar-refractivity contribution is 5.97. The standard InChI is InChI=1S/C26H33N3O7/c1-7-22-27-17(12-28(22)24(31)36-26(4,5)6)11-18(16-8-9-20-21(10-16)35-14-34-20)23(30)29-19(15(2)3)13-33-25(29)32/h8-10,12,15,18-19H,7,11,13-14H2,1-6H3. The molecular formula is C26H33N3O7. The van der Waals surface area contributed by atoms with Gasteiger partial charge in [0.25, 0.3) is 0 Å². The van der Waals surface area contributed by atoms with Gasteiger partial charge in [-0.1, -0.05) is 26.8 Å². The molecule has 0 saturated carbocycles. The fourth-order valence-corrected chi connectivity index (χ4v) is 4.32. The smallest absolute Gasteiger partial charge is 0.419 e. The minimum atomic E-state index is -0.766. The van der Waals surface area contributed by atoms with Gasteiger partial charge in [-0.2, -0.15) is 0 Å². The number of hydrogen-bond acceptors (Lipinski definition) is 8. The SMILES string of the molecule is CCc1nc(CC(C(=O)N2C(=O)OCC2C(C)C)c2ccc3c(c2)OCO3)cn1C(=O)OC(C)(C)C. The van der Waals surface area contributed by atoms with Crippen LogP contribution in [0.25, 0.3) is 0 Å². The van der Waals surface area contributed by atoms with Gasteiger partial charge in [-0.05, 0) is 44.4 Å². The molecule has 2 aliphatic rings. The Morgan fingerprint density at radius 3 is 2.56 bits per heavy atom. The second kappa shape index (κ2) is 9.83. The third kappa shape index (κ3) is 5.17. The molecule has 10 heteroatoms. The summed E-state index contributed by atoms with van der Waals surface area (Å²) in [7, 11) is 0. The van der Waals surface area contributed by atoms with Crippen molar-refractivity contribution >= 4 is 18.1 Å². The van der Waals surface area contributed by atoms with E-state index in [4.69, 9.17) is 18.9 Å². The number of nitrogens with zero attached hydrogens (tertiary/aromatic N) is 3. The van der Waals surface area contributed by atoms with E-state index in [-0.39, 0.29) is 37.7 Å². The van der Waals surface area contributed by atoms with Gasteiger partial charge in [0, 0.05) is 19.0 Å². The lowest BCUT2D eigenvalue weighted by Gasteiger charge is -2.27. The number of aromatic nitrogens is 2. The molecule has 36 heavy (non-hydrogen) atoms. The maximum Gasteiger partial charge on any atom is 0.419 e. The summed E-state index contributed by atoms with van der Waals surface area (Å²) in [6, 6.07) is 4.92. The van der Waals surface area contributed by atoms with Crippen molar-refractivity contribution in [2.75, 3.05) is 13.4 Å². The van der Waals surface area contributed by atoms with Gasteiger partial charge >= 0.3 is 12.2 Å². The van der Waals surface area contributed by atoms with E-state index >= 15 is 0 Å². The van der Waals surface area contributed by atoms with Crippen molar-refractivity contribution in [2.24, 2.45) is 5.92 Å². The molecular weight excluding hydrogens is 466 g/mol. The van der Waals surface area contributed by atoms with Crippen molar-refractivity contribution < 1.29 is 33.3 Å². The van der Waals surface area contributed by atoms with E-state index in [0.29, 0.717) is 35.0 Å². The Bertz CT molecular complexity index is 1160. The maximum atomic E-state index is 13.9. The normalized spacial score (nSPS) is 17.9. The molecule has 2 unspecified atom stereocenters. The van der Waals surface area contributed by atoms with Crippen LogP contribution in [0.5, 0.6) is 11.5 Å². The number of fused-ring (bicyclic) bond motifs is 1. The average Bonchev–Trinajstić information content (AvgIpc) is 3.53. The van der Waals surface area contributed by atoms with E-state index in [1.807, 2.05) is 20.8 Å². The molecule has 0 N–H and O–H groups in total. The summed E-state index contributed by atoms with van der Waals surface area (Å²) in [5, 5.41) is 0. The summed E-state index contributed by atoms with van der Waals surface area (Å²) in [6.07, 6.45) is 1.07. The molecule has 0 aliphatic carbocycles. The van der Waals surface area contributed by atoms with Gasteiger partial charge in [-0.3, -0.25) is 4.79 Å². The van der Waals surface area contributed by atoms with Crippen LogP contribution in [0, 0.1) is 5.92 Å². The third-order valence-electron chi connectivity index (χ3n) is 6.16. The number of carbonyl (C=O) groups is 3. The van der Waals surface area contributed by atoms with E-state index in [2.05, 4.69) is 4.98 Å². The maximum absolute atomic E-state index is 13.9. The number of ether oxygens (including phenoxy) is 4. The molecule has 0 spiro atoms. The van der Waals surface area contributed by atoms with E-state index in [9.17, 15) is 14.4 Å². The molecule has 10 nitrogen and oxygen atoms in total. The summed E-state index contributed by atoms with van der Waals surface area (Å²) in [5.41, 5.74) is 0.512. The lowest BCUT2D eigenvalue weighted by Crippen LogP contribution is -2.44. The molecule has 2 amide bonds. The lowest BCUT2D eigenvalue weighted by atomic mass is 9.91. The number of amides is 2. The van der Waals surface area contributed by atoms with E-state index in [1.165, 1.54) is 9.47 Å². The number of hydrogen-bond donors (Lipinski definition) is 0. The molecule has 194 valence electrons. The first-order valence-electron chi connectivity index (χ1n) is 12.2. The predicted octanol–water partition coefficient (Wildman–Crippen LogP) is 4.29. The highest BCUT2D eigenvalue weighted by Crippen LogP contribution is 2.37. The van der Waals surface area contributed by atoms with Gasteiger partial charge in [0.05, 0.1) is 17.7 Å². The minimum Gasteiger partial charge on any atom is -0.454 e. The van der Waals surface area contributed by atoms with Crippen LogP contribution in [0.1, 0.15) is 64.5 Å². The highest BCUT2D eigenvalue weighted by Gasteiger charge is 2.43. The molecule has 1 aromatic heterocycles. The first kappa shape index (κ1) is 25.5. The molecule has 0 bridgehead atoms. The zero-order valence-electron chi connectivity index (χ0n) is 21.6. The van der Waals surface area contributed by atoms with E-state index < -0.39 is 23.7 Å². The van der Waals surface area contributed by atoms with Crippen LogP contribution in [0.3, 0.4) is 0 Å². The molecule has 4 rings (SSSR count). The number of imidazole rings is 1. The van der Waals surface area contributed by atoms with Gasteiger partial charge in [-0.15, -0.1) is 0 Å². The Hall–Kier alpha value is -3.56. The molecule has 0 radical (unpaired) electrons. The number of rotatable bonds is 6. The molecule has 1 aromatic carbocycles. The van der Waals surface area contributed by atoms with Crippen molar-refractivity contribution in [2.45, 2.75) is 71.9 Å². The van der Waals surface area contributed by atoms with Crippen LogP contribution >= 0.6 is 0 Å². The van der Waals surface area contributed by atoms with Gasteiger partial charge in [0.2, 0.25) is 12.7 Å². The van der Waals surface area contributed by atoms with Crippen LogP contribution in [-0.2, 0) is 27.1 Å². The van der Waals surface area contributed by atoms with Crippen LogP contribution in [0.2, 0.25) is 0 Å². The number of cyclic esters (lactones) is 1. The number of benzene rings is 1. The average molecular weight is 500 g/mol. The minimum absolute atomic E-state index is 0.0240. The molecule has 1 fully saturated rings. The number of aryl methyl sites for hydroxylation is 1. The van der Waals surface area contributed by atoms with Crippen molar-refractivity contribution in [3.8, 4) is 11.5 Å². The van der Waals surface area contributed by atoms with Crippen LogP contribution < -0.4 is 9.47 Å². The van der Waals surface area contributed by atoms with Crippen molar-refractivity contribution in [3.63, 3.8) is 0 Å². The first-order chi connectivity index (χ1) is 17.0. The first-order valence-corrected chi connectivity index (χ1v) is 12.2. The van der Waals surface area contributed by atoms with Gasteiger partial charge in [-0.25, -0.2) is 24.0 Å². The zero-order chi connectivity index (χ0) is 26.2. The van der Waals surface area contributed by atoms with Gasteiger partial charge < -0.3 is 18.9 Å². The van der Waals surface area contributed by atoms with Crippen LogP contribution in [-0.4, -0.2) is 57.6 Å². The number of carbonyl (C=O) groups excluding carboxylic acids is 3. The molecule has 2 aliphatic heterocycles. The summed E-state index contributed by atoms with van der Waals surface area (Å²) < 4.78 is 23.1. The molecule has 1 saturated heterocycles. The molecule has 3 heterocycles. The van der Waals surface area contributed by atoms with Gasteiger partial charge in [0.1, 0.15) is 18.0 Å². The molecule has 2 atom stereocenters. The van der Waals surface area contributed by atoms with Crippen molar-refractivity contribution in [1.29, 1.82) is 0 Å². The Balaban J connectivity index is 1.70. The van der Waals surface area contributed by atoms with Crippen LogP contribution in [0.4, 0.5) is 9.59 Å². The monoisotopic (exact) mass is 499 g/mol. The predicted molar refractivity (Wildman–Crippen MR) is 129 cm³/mol. The summed E-state index contributed by atoms with van der Waals surface area (Å²) in [5.74, 6) is 0.516. The number of imide groups is 1. The second-order valence-electron chi connectivity index (χ2n) is 10.3. The summed E-state index contributed by atoms with van der Waals surface area (Å²) in [4.78, 5) is 45.1. The zero-order valence-corrected chi connectivity index (χ0v) is 21.6. The van der Waals surface area contributed by atoms with Gasteiger partial charge in [0.15, 0.2) is 11.5 Å². The Morgan fingerprint density at radius 2 is 1.89 bits per heavy atom. The largest absolute Gasteiger partial charge is 0.454 e. The quantitative estimate of drug-likeness (QED) is 0.579. The van der Waals surface area contributed by atoms with Crippen LogP contribution in [0.15, 0.2) is 24.4 Å². The molecule has 2 aromatic rings. The van der Waals surface area contributed by atoms with E-state index in [1.54, 1.807) is 45.2 Å². The lowest BCUT2D eigenvalue weighted by molar-refractivity contribution is -0.131. The highest BCUT2D eigenvalue weighted by atomic mass is 16.7. The van der Waals surface area contributed by atoms with Crippen molar-refractivity contribution in [1.82, 2.24) is 14.5 Å². The second-order valence-corrected chi connectivity index (χ2v) is 10.3. The fourth-order valence-electron chi connectivity index (χ4n) is 4.32. The Labute approximate surface area is 210 Å². The Kier molecular flexibility index (Phi) is 6.97.